The largest absolute Gasteiger partial charge is 0.376 e. The van der Waals surface area contributed by atoms with Crippen molar-refractivity contribution in [2.24, 2.45) is 5.73 Å². The van der Waals surface area contributed by atoms with E-state index in [1.807, 2.05) is 13.8 Å². The van der Waals surface area contributed by atoms with Gasteiger partial charge in [-0.1, -0.05) is 0 Å². The molecule has 72 valence electrons. The van der Waals surface area contributed by atoms with E-state index in [9.17, 15) is 0 Å². The van der Waals surface area contributed by atoms with E-state index in [-0.39, 0.29) is 11.4 Å². The Kier molecular flexibility index (Phi) is 7.03. The van der Waals surface area contributed by atoms with E-state index >= 15 is 0 Å². The number of nitrogens with two attached hydrogens (primary N) is 1. The summed E-state index contributed by atoms with van der Waals surface area (Å²) >= 11 is 4.64. The van der Waals surface area contributed by atoms with Crippen LogP contribution in [0.5, 0.6) is 0 Å². The quantitative estimate of drug-likeness (QED) is 0.466. The standard InChI is InChI=1S/C7H16N2O2S/c1-3-10-6(11-4-2)5-9-7(8)12/h6H,3-5H2,1-2H3,(H3,8,9,12). The maximum absolute atomic E-state index is 5.24. The van der Waals surface area contributed by atoms with Crippen molar-refractivity contribution in [3.63, 3.8) is 0 Å². The summed E-state index contributed by atoms with van der Waals surface area (Å²) in [5, 5.41) is 3.04. The van der Waals surface area contributed by atoms with Crippen LogP contribution in [0.1, 0.15) is 13.8 Å². The van der Waals surface area contributed by atoms with Gasteiger partial charge in [0.25, 0.3) is 0 Å². The Morgan fingerprint density at radius 2 is 1.92 bits per heavy atom. The second kappa shape index (κ2) is 7.27. The van der Waals surface area contributed by atoms with Crippen LogP contribution >= 0.6 is 12.2 Å². The maximum atomic E-state index is 5.24. The van der Waals surface area contributed by atoms with Gasteiger partial charge in [-0.25, -0.2) is 0 Å². The van der Waals surface area contributed by atoms with Gasteiger partial charge in [0, 0.05) is 13.2 Å². The normalized spacial score (nSPS) is 10.2. The molecule has 0 rings (SSSR count). The molecule has 4 nitrogen and oxygen atoms in total. The van der Waals surface area contributed by atoms with Crippen LogP contribution in [0.4, 0.5) is 0 Å². The molecule has 0 aromatic carbocycles. The molecule has 0 radical (unpaired) electrons. The summed E-state index contributed by atoms with van der Waals surface area (Å²) < 4.78 is 10.5. The van der Waals surface area contributed by atoms with Gasteiger partial charge in [0.2, 0.25) is 0 Å². The molecule has 0 atom stereocenters. The Morgan fingerprint density at radius 3 is 2.25 bits per heavy atom. The van der Waals surface area contributed by atoms with Crippen LogP contribution in [0.2, 0.25) is 0 Å². The van der Waals surface area contributed by atoms with Crippen molar-refractivity contribution in [3.05, 3.63) is 0 Å². The predicted octanol–water partition coefficient (Wildman–Crippen LogP) is 0.219. The fourth-order valence-corrected chi connectivity index (χ4v) is 0.805. The monoisotopic (exact) mass is 192 g/mol. The Balaban J connectivity index is 3.54. The van der Waals surface area contributed by atoms with Crippen LogP contribution in [0.25, 0.3) is 0 Å². The first-order valence-electron chi connectivity index (χ1n) is 3.97. The molecule has 0 unspecified atom stereocenters. The summed E-state index contributed by atoms with van der Waals surface area (Å²) in [4.78, 5) is 0. The first-order valence-corrected chi connectivity index (χ1v) is 4.38. The second-order valence-corrected chi connectivity index (χ2v) is 2.53. The van der Waals surface area contributed by atoms with Gasteiger partial charge in [0.1, 0.15) is 0 Å². The summed E-state index contributed by atoms with van der Waals surface area (Å²) in [5.74, 6) is 0. The lowest BCUT2D eigenvalue weighted by Gasteiger charge is -2.17. The molecular weight excluding hydrogens is 176 g/mol. The summed E-state index contributed by atoms with van der Waals surface area (Å²) in [5.41, 5.74) is 5.24. The van der Waals surface area contributed by atoms with Gasteiger partial charge < -0.3 is 20.5 Å². The summed E-state index contributed by atoms with van der Waals surface area (Å²) in [6.07, 6.45) is -0.263. The fourth-order valence-electron chi connectivity index (χ4n) is 0.722. The van der Waals surface area contributed by atoms with Crippen molar-refractivity contribution in [2.75, 3.05) is 19.8 Å². The molecule has 0 aliphatic rings. The molecule has 0 saturated heterocycles. The second-order valence-electron chi connectivity index (χ2n) is 2.09. The predicted molar refractivity (Wildman–Crippen MR) is 51.8 cm³/mol. The Morgan fingerprint density at radius 1 is 1.42 bits per heavy atom. The molecule has 0 fully saturated rings. The molecule has 0 heterocycles. The minimum Gasteiger partial charge on any atom is -0.376 e. The SMILES string of the molecule is CCOC(CNC(N)=S)OCC. The third kappa shape index (κ3) is 6.33. The topological polar surface area (TPSA) is 56.5 Å². The van der Waals surface area contributed by atoms with Crippen LogP contribution in [0, 0.1) is 0 Å². The molecular formula is C7H16N2O2S. The molecule has 0 aliphatic carbocycles. The molecule has 0 bridgehead atoms. The number of nitrogens with one attached hydrogen (secondary N) is 1. The van der Waals surface area contributed by atoms with Gasteiger partial charge in [-0.2, -0.15) is 0 Å². The molecule has 0 aliphatic heterocycles. The van der Waals surface area contributed by atoms with Crippen molar-refractivity contribution in [1.82, 2.24) is 5.32 Å². The molecule has 3 N–H and O–H groups in total. The van der Waals surface area contributed by atoms with Crippen molar-refractivity contribution in [3.8, 4) is 0 Å². The van der Waals surface area contributed by atoms with Gasteiger partial charge in [-0.05, 0) is 26.1 Å². The highest BCUT2D eigenvalue weighted by Crippen LogP contribution is 1.92. The van der Waals surface area contributed by atoms with E-state index in [0.717, 1.165) is 0 Å². The van der Waals surface area contributed by atoms with Crippen molar-refractivity contribution in [1.29, 1.82) is 0 Å². The van der Waals surface area contributed by atoms with E-state index < -0.39 is 0 Å². The smallest absolute Gasteiger partial charge is 0.174 e. The minimum atomic E-state index is -0.263. The summed E-state index contributed by atoms with van der Waals surface area (Å²) in [7, 11) is 0. The van der Waals surface area contributed by atoms with Gasteiger partial charge in [-0.15, -0.1) is 0 Å². The lowest BCUT2D eigenvalue weighted by molar-refractivity contribution is -0.130. The van der Waals surface area contributed by atoms with E-state index in [1.54, 1.807) is 0 Å². The zero-order valence-electron chi connectivity index (χ0n) is 7.50. The van der Waals surface area contributed by atoms with E-state index in [4.69, 9.17) is 15.2 Å². The zero-order valence-corrected chi connectivity index (χ0v) is 8.32. The van der Waals surface area contributed by atoms with Crippen molar-refractivity contribution >= 4 is 17.3 Å². The number of hydrogen-bond donors (Lipinski definition) is 2. The number of ether oxygens (including phenoxy) is 2. The number of hydrogen-bond acceptors (Lipinski definition) is 3. The van der Waals surface area contributed by atoms with Crippen LogP contribution in [-0.4, -0.2) is 31.2 Å². The Hall–Kier alpha value is -0.390. The van der Waals surface area contributed by atoms with Crippen molar-refractivity contribution in [2.45, 2.75) is 20.1 Å². The van der Waals surface area contributed by atoms with Gasteiger partial charge in [0.05, 0.1) is 6.54 Å². The van der Waals surface area contributed by atoms with Crippen LogP contribution in [0.3, 0.4) is 0 Å². The fraction of sp³-hybridized carbons (Fsp3) is 0.857. The molecule has 0 aromatic rings. The first kappa shape index (κ1) is 11.6. The maximum Gasteiger partial charge on any atom is 0.174 e. The summed E-state index contributed by atoms with van der Waals surface area (Å²) in [6, 6.07) is 0. The molecule has 5 heteroatoms. The lowest BCUT2D eigenvalue weighted by Crippen LogP contribution is -2.38. The van der Waals surface area contributed by atoms with Gasteiger partial charge >= 0.3 is 0 Å². The highest BCUT2D eigenvalue weighted by molar-refractivity contribution is 7.80. The molecule has 0 aromatic heterocycles. The molecule has 12 heavy (non-hydrogen) atoms. The number of rotatable bonds is 6. The average molecular weight is 192 g/mol. The first-order chi connectivity index (χ1) is 5.70. The van der Waals surface area contributed by atoms with E-state index in [2.05, 4.69) is 17.5 Å². The van der Waals surface area contributed by atoms with Gasteiger partial charge in [0.15, 0.2) is 11.4 Å². The third-order valence-electron chi connectivity index (χ3n) is 1.15. The third-order valence-corrected chi connectivity index (χ3v) is 1.29. The van der Waals surface area contributed by atoms with Crippen LogP contribution in [0.15, 0.2) is 0 Å². The zero-order chi connectivity index (χ0) is 9.40. The van der Waals surface area contributed by atoms with Crippen molar-refractivity contribution < 1.29 is 9.47 Å². The van der Waals surface area contributed by atoms with Crippen LogP contribution < -0.4 is 11.1 Å². The number of thiocarbonyl (C=S) groups is 1. The van der Waals surface area contributed by atoms with E-state index in [1.165, 1.54) is 0 Å². The highest BCUT2D eigenvalue weighted by atomic mass is 32.1. The minimum absolute atomic E-state index is 0.263. The average Bonchev–Trinajstić information content (AvgIpc) is 2.01. The Labute approximate surface area is 78.4 Å². The molecule has 0 saturated carbocycles. The van der Waals surface area contributed by atoms with Crippen LogP contribution in [-0.2, 0) is 9.47 Å². The highest BCUT2D eigenvalue weighted by Gasteiger charge is 2.06. The summed E-state index contributed by atoms with van der Waals surface area (Å²) in [6.45, 7) is 5.55. The molecule has 0 spiro atoms. The Bertz CT molecular complexity index is 127. The lowest BCUT2D eigenvalue weighted by atomic mass is 10.6. The molecule has 0 amide bonds. The van der Waals surface area contributed by atoms with Gasteiger partial charge in [-0.3, -0.25) is 0 Å². The van der Waals surface area contributed by atoms with E-state index in [0.29, 0.717) is 19.8 Å².